The zero-order valence-corrected chi connectivity index (χ0v) is 8.70. The summed E-state index contributed by atoms with van der Waals surface area (Å²) in [5.74, 6) is -0.923. The van der Waals surface area contributed by atoms with Crippen LogP contribution < -0.4 is 10.7 Å². The van der Waals surface area contributed by atoms with Gasteiger partial charge in [-0.05, 0) is 5.92 Å². The topological polar surface area (TPSA) is 81.7 Å². The molecule has 6 nitrogen and oxygen atoms in total. The van der Waals surface area contributed by atoms with Crippen molar-refractivity contribution in [3.63, 3.8) is 0 Å². The van der Waals surface area contributed by atoms with Crippen molar-refractivity contribution in [1.82, 2.24) is 15.8 Å². The quantitative estimate of drug-likeness (QED) is 0.544. The van der Waals surface area contributed by atoms with Gasteiger partial charge in [0, 0.05) is 27.1 Å². The lowest BCUT2D eigenvalue weighted by atomic mass is 10.1. The number of carbonyl (C=O) groups is 2. The lowest BCUT2D eigenvalue weighted by Gasteiger charge is -2.14. The molecule has 82 valence electrons. The molecular formula is C8H17N3O3. The largest absolute Gasteiger partial charge is 0.481 e. The number of amides is 2. The minimum atomic E-state index is -0.854. The predicted molar refractivity (Wildman–Crippen MR) is 51.6 cm³/mol. The van der Waals surface area contributed by atoms with Crippen LogP contribution in [0.4, 0.5) is 4.79 Å². The summed E-state index contributed by atoms with van der Waals surface area (Å²) < 4.78 is 0. The third-order valence-corrected chi connectivity index (χ3v) is 1.46. The number of hydrogen-bond acceptors (Lipinski definition) is 3. The molecule has 0 aromatic heterocycles. The molecule has 14 heavy (non-hydrogen) atoms. The standard InChI is InChI=1S/C8H17N3O3/c1-6(4-7(12)13)5-9-8(14)10-11(2)3/h6H,4-5H2,1-3H3,(H,12,13)(H2,9,10,14). The lowest BCUT2D eigenvalue weighted by Crippen LogP contribution is -2.44. The molecular weight excluding hydrogens is 186 g/mol. The van der Waals surface area contributed by atoms with Gasteiger partial charge >= 0.3 is 12.0 Å². The van der Waals surface area contributed by atoms with Crippen molar-refractivity contribution >= 4 is 12.0 Å². The Hall–Kier alpha value is -1.30. The second-order valence-electron chi connectivity index (χ2n) is 3.42. The van der Waals surface area contributed by atoms with E-state index in [0.717, 1.165) is 0 Å². The van der Waals surface area contributed by atoms with Gasteiger partial charge in [0.15, 0.2) is 0 Å². The second-order valence-corrected chi connectivity index (χ2v) is 3.42. The summed E-state index contributed by atoms with van der Waals surface area (Å²) in [5, 5.41) is 12.5. The van der Waals surface area contributed by atoms with Crippen LogP contribution >= 0.6 is 0 Å². The van der Waals surface area contributed by atoms with Crippen LogP contribution in [0, 0.1) is 5.92 Å². The molecule has 0 aromatic carbocycles. The number of nitrogens with zero attached hydrogens (tertiary/aromatic N) is 1. The van der Waals surface area contributed by atoms with Crippen molar-refractivity contribution in [3.8, 4) is 0 Å². The van der Waals surface area contributed by atoms with E-state index in [0.29, 0.717) is 6.54 Å². The Bertz CT molecular complexity index is 206. The molecule has 1 atom stereocenters. The number of nitrogens with one attached hydrogen (secondary N) is 2. The highest BCUT2D eigenvalue weighted by molar-refractivity contribution is 5.73. The molecule has 2 amide bonds. The maximum Gasteiger partial charge on any atom is 0.329 e. The molecule has 0 bridgehead atoms. The zero-order chi connectivity index (χ0) is 11.1. The van der Waals surface area contributed by atoms with E-state index in [4.69, 9.17) is 5.11 Å². The average molecular weight is 203 g/mol. The molecule has 0 aromatic rings. The molecule has 0 saturated carbocycles. The fourth-order valence-corrected chi connectivity index (χ4v) is 0.880. The van der Waals surface area contributed by atoms with E-state index in [1.165, 1.54) is 5.01 Å². The highest BCUT2D eigenvalue weighted by atomic mass is 16.4. The van der Waals surface area contributed by atoms with Gasteiger partial charge in [0.05, 0.1) is 0 Å². The summed E-state index contributed by atoms with van der Waals surface area (Å²) in [6, 6.07) is -0.327. The average Bonchev–Trinajstić information content (AvgIpc) is 1.98. The minimum Gasteiger partial charge on any atom is -0.481 e. The Balaban J connectivity index is 3.61. The normalized spacial score (nSPS) is 12.3. The maximum atomic E-state index is 11.0. The van der Waals surface area contributed by atoms with Gasteiger partial charge in [-0.1, -0.05) is 6.92 Å². The van der Waals surface area contributed by atoms with Gasteiger partial charge in [0.2, 0.25) is 0 Å². The van der Waals surface area contributed by atoms with Gasteiger partial charge in [-0.15, -0.1) is 0 Å². The third kappa shape index (κ3) is 7.35. The summed E-state index contributed by atoms with van der Waals surface area (Å²) >= 11 is 0. The number of carbonyl (C=O) groups excluding carboxylic acids is 1. The summed E-state index contributed by atoms with van der Waals surface area (Å²) in [5.41, 5.74) is 2.49. The molecule has 0 radical (unpaired) electrons. The van der Waals surface area contributed by atoms with E-state index in [-0.39, 0.29) is 18.4 Å². The SMILES string of the molecule is CC(CNC(=O)NN(C)C)CC(=O)O. The summed E-state index contributed by atoms with van der Waals surface area (Å²) in [6.45, 7) is 2.12. The number of carboxylic acid groups (broad SMARTS) is 1. The first-order valence-electron chi connectivity index (χ1n) is 4.35. The molecule has 0 aliphatic carbocycles. The number of urea groups is 1. The smallest absolute Gasteiger partial charge is 0.329 e. The van der Waals surface area contributed by atoms with Gasteiger partial charge < -0.3 is 10.4 Å². The van der Waals surface area contributed by atoms with E-state index in [9.17, 15) is 9.59 Å². The highest BCUT2D eigenvalue weighted by Crippen LogP contribution is 1.98. The van der Waals surface area contributed by atoms with E-state index < -0.39 is 5.97 Å². The number of rotatable bonds is 5. The zero-order valence-electron chi connectivity index (χ0n) is 8.70. The summed E-state index contributed by atoms with van der Waals surface area (Å²) in [7, 11) is 3.39. The highest BCUT2D eigenvalue weighted by Gasteiger charge is 2.08. The Labute approximate surface area is 83.2 Å². The molecule has 6 heteroatoms. The van der Waals surface area contributed by atoms with Crippen LogP contribution in [0.5, 0.6) is 0 Å². The third-order valence-electron chi connectivity index (χ3n) is 1.46. The fourth-order valence-electron chi connectivity index (χ4n) is 0.880. The monoisotopic (exact) mass is 203 g/mol. The molecule has 0 heterocycles. The molecule has 1 unspecified atom stereocenters. The molecule has 0 fully saturated rings. The number of hydrazine groups is 1. The van der Waals surface area contributed by atoms with Crippen LogP contribution in [-0.4, -0.2) is 42.8 Å². The van der Waals surface area contributed by atoms with E-state index in [2.05, 4.69) is 10.7 Å². The molecule has 0 spiro atoms. The summed E-state index contributed by atoms with van der Waals surface area (Å²) in [4.78, 5) is 21.3. The van der Waals surface area contributed by atoms with Crippen LogP contribution in [0.15, 0.2) is 0 Å². The maximum absolute atomic E-state index is 11.0. The second kappa shape index (κ2) is 6.20. The Morgan fingerprint density at radius 3 is 2.43 bits per heavy atom. The summed E-state index contributed by atoms with van der Waals surface area (Å²) in [6.07, 6.45) is 0.0578. The van der Waals surface area contributed by atoms with E-state index in [1.807, 2.05) is 0 Å². The molecule has 0 saturated heterocycles. The fraction of sp³-hybridized carbons (Fsp3) is 0.750. The number of hydrogen-bond donors (Lipinski definition) is 3. The first-order valence-corrected chi connectivity index (χ1v) is 4.35. The Morgan fingerprint density at radius 1 is 1.43 bits per heavy atom. The van der Waals surface area contributed by atoms with Crippen LogP contribution in [0.1, 0.15) is 13.3 Å². The molecule has 0 aliphatic rings. The minimum absolute atomic E-state index is 0.0578. The van der Waals surface area contributed by atoms with Crippen LogP contribution in [0.25, 0.3) is 0 Å². The van der Waals surface area contributed by atoms with Gasteiger partial charge in [-0.3, -0.25) is 10.2 Å². The number of aliphatic carboxylic acids is 1. The van der Waals surface area contributed by atoms with Gasteiger partial charge in [0.25, 0.3) is 0 Å². The van der Waals surface area contributed by atoms with Crippen molar-refractivity contribution in [2.45, 2.75) is 13.3 Å². The predicted octanol–water partition coefficient (Wildman–Crippen LogP) is -0.127. The van der Waals surface area contributed by atoms with Crippen molar-refractivity contribution < 1.29 is 14.7 Å². The first-order chi connectivity index (χ1) is 6.41. The van der Waals surface area contributed by atoms with Crippen molar-refractivity contribution in [1.29, 1.82) is 0 Å². The lowest BCUT2D eigenvalue weighted by molar-refractivity contribution is -0.137. The van der Waals surface area contributed by atoms with Gasteiger partial charge in [-0.25, -0.2) is 9.80 Å². The molecule has 0 aliphatic heterocycles. The van der Waals surface area contributed by atoms with Crippen molar-refractivity contribution in [2.75, 3.05) is 20.6 Å². The van der Waals surface area contributed by atoms with Crippen LogP contribution in [0.3, 0.4) is 0 Å². The van der Waals surface area contributed by atoms with Crippen molar-refractivity contribution in [2.24, 2.45) is 5.92 Å². The van der Waals surface area contributed by atoms with Crippen LogP contribution in [0.2, 0.25) is 0 Å². The first kappa shape index (κ1) is 12.7. The van der Waals surface area contributed by atoms with Gasteiger partial charge in [-0.2, -0.15) is 0 Å². The van der Waals surface area contributed by atoms with Crippen molar-refractivity contribution in [3.05, 3.63) is 0 Å². The molecule has 3 N–H and O–H groups in total. The van der Waals surface area contributed by atoms with E-state index in [1.54, 1.807) is 21.0 Å². The molecule has 0 rings (SSSR count). The number of carboxylic acids is 1. The Morgan fingerprint density at radius 2 is 2.00 bits per heavy atom. The van der Waals surface area contributed by atoms with Crippen LogP contribution in [-0.2, 0) is 4.79 Å². The Kier molecular flexibility index (Phi) is 5.62. The van der Waals surface area contributed by atoms with Gasteiger partial charge in [0.1, 0.15) is 0 Å². The van der Waals surface area contributed by atoms with E-state index >= 15 is 0 Å².